The Morgan fingerprint density at radius 1 is 1.29 bits per heavy atom. The highest BCUT2D eigenvalue weighted by molar-refractivity contribution is 8.04. The second kappa shape index (κ2) is 5.54. The summed E-state index contributed by atoms with van der Waals surface area (Å²) in [5.41, 5.74) is 1.02. The molecule has 0 aliphatic rings. The molecule has 0 aliphatic carbocycles. The largest absolute Gasteiger partial charge is 0.197 e. The third kappa shape index (κ3) is 3.30. The van der Waals surface area contributed by atoms with Crippen molar-refractivity contribution in [2.45, 2.75) is 11.7 Å². The lowest BCUT2D eigenvalue weighted by Gasteiger charge is -2.03. The zero-order chi connectivity index (χ0) is 10.4. The standard InChI is InChI=1S/C10H7ClN2S/c11-9-3-1-8(2-4-9)5-10(6-12)14-7-13/h1-4,10H,5H2/t10-/m0/s1. The van der Waals surface area contributed by atoms with Gasteiger partial charge in [0.25, 0.3) is 0 Å². The minimum absolute atomic E-state index is 0.304. The molecule has 0 saturated heterocycles. The van der Waals surface area contributed by atoms with Gasteiger partial charge < -0.3 is 0 Å². The number of benzene rings is 1. The number of hydrogen-bond donors (Lipinski definition) is 0. The van der Waals surface area contributed by atoms with Crippen molar-refractivity contribution in [3.8, 4) is 11.5 Å². The molecular weight excluding hydrogens is 216 g/mol. The first-order valence-corrected chi connectivity index (χ1v) is 5.21. The summed E-state index contributed by atoms with van der Waals surface area (Å²) in [6.45, 7) is 0. The van der Waals surface area contributed by atoms with Crippen LogP contribution >= 0.6 is 23.4 Å². The van der Waals surface area contributed by atoms with Crippen LogP contribution < -0.4 is 0 Å². The number of rotatable bonds is 3. The van der Waals surface area contributed by atoms with Crippen molar-refractivity contribution >= 4 is 23.4 Å². The van der Waals surface area contributed by atoms with Gasteiger partial charge in [0.05, 0.1) is 6.07 Å². The van der Waals surface area contributed by atoms with Crippen molar-refractivity contribution < 1.29 is 0 Å². The van der Waals surface area contributed by atoms with E-state index < -0.39 is 0 Å². The van der Waals surface area contributed by atoms with Crippen LogP contribution in [0.3, 0.4) is 0 Å². The van der Waals surface area contributed by atoms with E-state index in [-0.39, 0.29) is 5.25 Å². The molecule has 4 heteroatoms. The summed E-state index contributed by atoms with van der Waals surface area (Å²) in [5.74, 6) is 0. The maximum Gasteiger partial charge on any atom is 0.134 e. The van der Waals surface area contributed by atoms with Crippen LogP contribution in [0.1, 0.15) is 5.56 Å². The summed E-state index contributed by atoms with van der Waals surface area (Å²) in [6, 6.07) is 9.37. The summed E-state index contributed by atoms with van der Waals surface area (Å²) in [5, 5.41) is 19.4. The van der Waals surface area contributed by atoms with Gasteiger partial charge in [-0.25, -0.2) is 0 Å². The number of nitriles is 2. The van der Waals surface area contributed by atoms with Crippen molar-refractivity contribution in [3.05, 3.63) is 34.9 Å². The Morgan fingerprint density at radius 3 is 2.43 bits per heavy atom. The van der Waals surface area contributed by atoms with E-state index in [0.29, 0.717) is 11.4 Å². The minimum atomic E-state index is -0.304. The molecule has 0 aliphatic heterocycles. The van der Waals surface area contributed by atoms with Crippen molar-refractivity contribution in [2.75, 3.05) is 0 Å². The highest BCUT2D eigenvalue weighted by Gasteiger charge is 2.08. The van der Waals surface area contributed by atoms with E-state index in [1.807, 2.05) is 17.5 Å². The molecule has 0 spiro atoms. The first kappa shape index (κ1) is 10.9. The molecule has 1 rings (SSSR count). The lowest BCUT2D eigenvalue weighted by molar-refractivity contribution is 1.03. The minimum Gasteiger partial charge on any atom is -0.197 e. The van der Waals surface area contributed by atoms with Crippen molar-refractivity contribution in [3.63, 3.8) is 0 Å². The van der Waals surface area contributed by atoms with E-state index in [9.17, 15) is 0 Å². The zero-order valence-corrected chi connectivity index (χ0v) is 8.85. The van der Waals surface area contributed by atoms with E-state index in [0.717, 1.165) is 17.3 Å². The molecule has 70 valence electrons. The van der Waals surface area contributed by atoms with Crippen LogP contribution in [0.15, 0.2) is 24.3 Å². The Bertz CT molecular complexity index is 375. The lowest BCUT2D eigenvalue weighted by Crippen LogP contribution is -2.02. The molecule has 0 N–H and O–H groups in total. The van der Waals surface area contributed by atoms with E-state index in [2.05, 4.69) is 6.07 Å². The van der Waals surface area contributed by atoms with Crippen LogP contribution in [0.2, 0.25) is 5.02 Å². The van der Waals surface area contributed by atoms with Crippen LogP contribution in [-0.4, -0.2) is 5.25 Å². The molecule has 2 nitrogen and oxygen atoms in total. The van der Waals surface area contributed by atoms with Gasteiger partial charge in [-0.15, -0.1) is 0 Å². The van der Waals surface area contributed by atoms with Gasteiger partial charge in [-0.3, -0.25) is 0 Å². The fourth-order valence-corrected chi connectivity index (χ4v) is 1.59. The van der Waals surface area contributed by atoms with Crippen molar-refractivity contribution in [2.24, 2.45) is 0 Å². The second-order valence-electron chi connectivity index (χ2n) is 2.66. The number of thiocyanates is 1. The molecule has 0 radical (unpaired) electrons. The molecule has 1 atom stereocenters. The number of halogens is 1. The molecular formula is C10H7ClN2S. The Hall–Kier alpha value is -1.16. The smallest absolute Gasteiger partial charge is 0.134 e. The fraction of sp³-hybridized carbons (Fsp3) is 0.200. The number of hydrogen-bond acceptors (Lipinski definition) is 3. The first-order chi connectivity index (χ1) is 6.76. The van der Waals surface area contributed by atoms with Gasteiger partial charge >= 0.3 is 0 Å². The van der Waals surface area contributed by atoms with Gasteiger partial charge in [0.2, 0.25) is 0 Å². The van der Waals surface area contributed by atoms with Gasteiger partial charge in [-0.1, -0.05) is 23.7 Å². The van der Waals surface area contributed by atoms with Crippen LogP contribution in [0, 0.1) is 22.0 Å². The quantitative estimate of drug-likeness (QED) is 0.739. The molecule has 1 aromatic rings. The van der Waals surface area contributed by atoms with Gasteiger partial charge in [0, 0.05) is 5.02 Å². The normalized spacial score (nSPS) is 11.4. The molecule has 0 aromatic heterocycles. The lowest BCUT2D eigenvalue weighted by atomic mass is 10.1. The zero-order valence-electron chi connectivity index (χ0n) is 7.27. The van der Waals surface area contributed by atoms with Crippen LogP contribution in [0.4, 0.5) is 0 Å². The molecule has 0 heterocycles. The maximum absolute atomic E-state index is 8.73. The summed E-state index contributed by atoms with van der Waals surface area (Å²) < 4.78 is 0. The van der Waals surface area contributed by atoms with Crippen molar-refractivity contribution in [1.29, 1.82) is 10.5 Å². The SMILES string of the molecule is N#CS[C@H](C#N)Cc1ccc(Cl)cc1. The molecule has 0 fully saturated rings. The first-order valence-electron chi connectivity index (χ1n) is 3.95. The van der Waals surface area contributed by atoms with E-state index in [4.69, 9.17) is 22.1 Å². The van der Waals surface area contributed by atoms with Crippen LogP contribution in [-0.2, 0) is 6.42 Å². The van der Waals surface area contributed by atoms with Crippen LogP contribution in [0.25, 0.3) is 0 Å². The van der Waals surface area contributed by atoms with E-state index in [1.165, 1.54) is 0 Å². The molecule has 0 unspecified atom stereocenters. The summed E-state index contributed by atoms with van der Waals surface area (Å²) in [6.07, 6.45) is 0.575. The van der Waals surface area contributed by atoms with Crippen LogP contribution in [0.5, 0.6) is 0 Å². The van der Waals surface area contributed by atoms with Gasteiger partial charge in [-0.2, -0.15) is 10.5 Å². The third-order valence-electron chi connectivity index (χ3n) is 1.67. The predicted octanol–water partition coefficient (Wildman–Crippen LogP) is 2.99. The Morgan fingerprint density at radius 2 is 1.93 bits per heavy atom. The molecule has 0 saturated carbocycles. The Labute approximate surface area is 92.1 Å². The van der Waals surface area contributed by atoms with Gasteiger partial charge in [0.1, 0.15) is 10.7 Å². The molecule has 1 aromatic carbocycles. The topological polar surface area (TPSA) is 47.6 Å². The number of thioether (sulfide) groups is 1. The highest BCUT2D eigenvalue weighted by Crippen LogP contribution is 2.16. The molecule has 0 bridgehead atoms. The highest BCUT2D eigenvalue weighted by atomic mass is 35.5. The van der Waals surface area contributed by atoms with Gasteiger partial charge in [-0.05, 0) is 35.9 Å². The average Bonchev–Trinajstić information content (AvgIpc) is 2.20. The van der Waals surface area contributed by atoms with Gasteiger partial charge in [0.15, 0.2) is 0 Å². The maximum atomic E-state index is 8.73. The van der Waals surface area contributed by atoms with Crippen molar-refractivity contribution in [1.82, 2.24) is 0 Å². The molecule has 0 amide bonds. The van der Waals surface area contributed by atoms with E-state index in [1.54, 1.807) is 12.1 Å². The number of nitrogens with zero attached hydrogens (tertiary/aromatic N) is 2. The predicted molar refractivity (Wildman–Crippen MR) is 57.8 cm³/mol. The summed E-state index contributed by atoms with van der Waals surface area (Å²) in [4.78, 5) is 0. The Balaban J connectivity index is 2.65. The Kier molecular flexibility index (Phi) is 4.32. The third-order valence-corrected chi connectivity index (χ3v) is 2.59. The fourth-order valence-electron chi connectivity index (χ4n) is 1.01. The second-order valence-corrected chi connectivity index (χ2v) is 4.08. The summed E-state index contributed by atoms with van der Waals surface area (Å²) in [7, 11) is 0. The molecule has 14 heavy (non-hydrogen) atoms. The monoisotopic (exact) mass is 222 g/mol. The average molecular weight is 223 g/mol. The van der Waals surface area contributed by atoms with E-state index >= 15 is 0 Å². The summed E-state index contributed by atoms with van der Waals surface area (Å²) >= 11 is 6.71.